The Bertz CT molecular complexity index is 3510. The molecule has 20 nitrogen and oxygen atoms in total. The van der Waals surface area contributed by atoms with Crippen molar-refractivity contribution in [1.29, 1.82) is 0 Å². The predicted octanol–water partition coefficient (Wildman–Crippen LogP) is 26.9. The van der Waals surface area contributed by atoms with Crippen LogP contribution in [0.2, 0.25) is 0 Å². The molecular formula is C98H166N16O4. The summed E-state index contributed by atoms with van der Waals surface area (Å²) >= 11 is 0. The number of nitrogens with two attached hydrogens (primary N) is 2. The monoisotopic (exact) mass is 1630 g/mol. The minimum atomic E-state index is -0.652. The molecule has 5 rings (SSSR count). The molecule has 4 amide bonds. The van der Waals surface area contributed by atoms with E-state index in [0.717, 1.165) is 205 Å². The molecule has 0 saturated carbocycles. The van der Waals surface area contributed by atoms with Gasteiger partial charge in [0.1, 0.15) is 6.33 Å². The van der Waals surface area contributed by atoms with Gasteiger partial charge in [-0.1, -0.05) is 306 Å². The zero-order chi connectivity index (χ0) is 87.1. The molecule has 0 radical (unpaired) electrons. The van der Waals surface area contributed by atoms with Gasteiger partial charge >= 0.3 is 0 Å². The molecule has 0 aliphatic carbocycles. The Hall–Kier alpha value is -7.38. The third kappa shape index (κ3) is 30.6. The first kappa shape index (κ1) is 101. The Balaban J connectivity index is 1.80. The summed E-state index contributed by atoms with van der Waals surface area (Å²) in [6, 6.07) is 12.6. The van der Waals surface area contributed by atoms with Crippen LogP contribution in [-0.2, 0) is 10.8 Å². The van der Waals surface area contributed by atoms with E-state index in [9.17, 15) is 0 Å². The fourth-order valence-electron chi connectivity index (χ4n) is 16.5. The molecule has 0 aliphatic heterocycles. The van der Waals surface area contributed by atoms with Crippen LogP contribution in [0.15, 0.2) is 69.2 Å². The molecule has 2 aromatic carbocycles. The van der Waals surface area contributed by atoms with E-state index in [4.69, 9.17) is 52.1 Å². The summed E-state index contributed by atoms with van der Waals surface area (Å²) in [4.78, 5) is 80.6. The second-order valence-corrected chi connectivity index (χ2v) is 36.8. The van der Waals surface area contributed by atoms with Crippen molar-refractivity contribution in [2.45, 2.75) is 369 Å². The first-order valence-electron chi connectivity index (χ1n) is 47.5. The van der Waals surface area contributed by atoms with Crippen LogP contribution in [0.4, 0.5) is 34.4 Å². The summed E-state index contributed by atoms with van der Waals surface area (Å²) in [5.41, 5.74) is 17.3. The largest absolute Gasteiger partial charge is 0.382 e. The van der Waals surface area contributed by atoms with E-state index in [2.05, 4.69) is 130 Å². The maximum Gasteiger partial charge on any atom is 0.256 e. The van der Waals surface area contributed by atoms with Crippen molar-refractivity contribution in [1.82, 2.24) is 49.1 Å². The number of hydrogen-bond donors (Lipinski definition) is 2. The summed E-state index contributed by atoms with van der Waals surface area (Å²) < 4.78 is 3.06. The number of hydrogen-bond acceptors (Lipinski definition) is 14. The molecule has 5 aromatic rings. The second kappa shape index (κ2) is 52.7. The number of amides is 4. The van der Waals surface area contributed by atoms with Crippen molar-refractivity contribution in [2.75, 3.05) is 63.8 Å². The molecule has 0 fully saturated rings. The van der Waals surface area contributed by atoms with Gasteiger partial charge in [0.05, 0.1) is 33.9 Å². The van der Waals surface area contributed by atoms with Gasteiger partial charge in [0.15, 0.2) is 34.6 Å². The van der Waals surface area contributed by atoms with Crippen molar-refractivity contribution in [3.8, 4) is 11.6 Å². The van der Waals surface area contributed by atoms with E-state index >= 15 is 19.2 Å². The number of rotatable bonds is 58. The van der Waals surface area contributed by atoms with Crippen molar-refractivity contribution in [3.05, 3.63) is 82.4 Å². The number of benzene rings is 2. The van der Waals surface area contributed by atoms with E-state index < -0.39 is 10.8 Å². The zero-order valence-electron chi connectivity index (χ0n) is 78.6. The SMILES string of the molecule is CCCCC(CC)CN(CC(CC)CCCC)C(=O)c1ccc(C(=O)N(CC(CC)CCCC)CC(CC)CCCC)c(/N=N/c2c(C(C)(C)C)nn(-c3cc(-n4nc(C(C)(C)C)c(/N=N/c5cc(C(=O)N(CC(CC)CCCC)CC(CC)CCCC)ccc5C(=O)N(CC(CC)CCCC)CC(CC)CCCC)c4N)ncn3)c2N)c1. The lowest BCUT2D eigenvalue weighted by Gasteiger charge is -2.32. The highest BCUT2D eigenvalue weighted by Crippen LogP contribution is 2.42. The van der Waals surface area contributed by atoms with Crippen LogP contribution in [0, 0.1) is 47.3 Å². The van der Waals surface area contributed by atoms with Gasteiger partial charge < -0.3 is 31.1 Å². The average molecular weight is 1630 g/mol. The molecule has 3 aromatic heterocycles. The van der Waals surface area contributed by atoms with Gasteiger partial charge in [-0.05, 0) is 135 Å². The normalized spacial score (nSPS) is 14.2. The molecule has 3 heterocycles. The molecule has 8 atom stereocenters. The van der Waals surface area contributed by atoms with Crippen molar-refractivity contribution >= 4 is 58.0 Å². The molecule has 662 valence electrons. The molecule has 8 unspecified atom stereocenters. The first-order valence-corrected chi connectivity index (χ1v) is 47.5. The van der Waals surface area contributed by atoms with Crippen molar-refractivity contribution in [3.63, 3.8) is 0 Å². The maximum atomic E-state index is 15.8. The third-order valence-corrected chi connectivity index (χ3v) is 25.1. The molecule has 0 bridgehead atoms. The van der Waals surface area contributed by atoms with Crippen LogP contribution in [0.3, 0.4) is 0 Å². The van der Waals surface area contributed by atoms with Crippen LogP contribution in [-0.4, -0.2) is 125 Å². The Morgan fingerprint density at radius 1 is 0.339 bits per heavy atom. The summed E-state index contributed by atoms with van der Waals surface area (Å²) in [5.74, 6) is 3.07. The number of anilines is 2. The zero-order valence-corrected chi connectivity index (χ0v) is 78.6. The Morgan fingerprint density at radius 3 is 0.780 bits per heavy atom. The van der Waals surface area contributed by atoms with E-state index in [1.165, 1.54) is 15.7 Å². The minimum Gasteiger partial charge on any atom is -0.382 e. The van der Waals surface area contributed by atoms with Crippen LogP contribution in [0.25, 0.3) is 11.6 Å². The summed E-state index contributed by atoms with van der Waals surface area (Å²) in [5, 5.41) is 30.7. The number of aromatic nitrogens is 6. The Kier molecular flexibility index (Phi) is 45.2. The highest BCUT2D eigenvalue weighted by Gasteiger charge is 2.35. The fourth-order valence-corrected chi connectivity index (χ4v) is 16.5. The van der Waals surface area contributed by atoms with Crippen LogP contribution < -0.4 is 11.5 Å². The predicted molar refractivity (Wildman–Crippen MR) is 494 cm³/mol. The first-order chi connectivity index (χ1) is 56.6. The number of unbranched alkanes of at least 4 members (excludes halogenated alkanes) is 8. The Morgan fingerprint density at radius 2 is 0.568 bits per heavy atom. The molecule has 20 heteroatoms. The lowest BCUT2D eigenvalue weighted by atomic mass is 9.91. The van der Waals surface area contributed by atoms with Crippen LogP contribution >= 0.6 is 0 Å². The number of azo groups is 2. The third-order valence-electron chi connectivity index (χ3n) is 25.1. The van der Waals surface area contributed by atoms with Gasteiger partial charge in [0.2, 0.25) is 0 Å². The lowest BCUT2D eigenvalue weighted by molar-refractivity contribution is 0.0674. The number of carbonyl (C=O) groups excluding carboxylic acids is 4. The van der Waals surface area contributed by atoms with Crippen molar-refractivity contribution < 1.29 is 19.2 Å². The maximum absolute atomic E-state index is 15.8. The van der Waals surface area contributed by atoms with Gasteiger partial charge in [-0.2, -0.15) is 19.6 Å². The van der Waals surface area contributed by atoms with E-state index in [0.29, 0.717) is 133 Å². The van der Waals surface area contributed by atoms with Crippen LogP contribution in [0.1, 0.15) is 411 Å². The molecule has 0 aliphatic rings. The smallest absolute Gasteiger partial charge is 0.256 e. The van der Waals surface area contributed by atoms with Gasteiger partial charge in [-0.15, -0.1) is 20.5 Å². The molecular weight excluding hydrogens is 1470 g/mol. The highest BCUT2D eigenvalue weighted by molar-refractivity contribution is 6.03. The lowest BCUT2D eigenvalue weighted by Crippen LogP contribution is -2.39. The Labute approximate surface area is 716 Å². The quantitative estimate of drug-likeness (QED) is 0.0349. The highest BCUT2D eigenvalue weighted by atomic mass is 16.2. The van der Waals surface area contributed by atoms with E-state index in [-0.39, 0.29) is 69.6 Å². The summed E-state index contributed by atoms with van der Waals surface area (Å²) in [7, 11) is 0. The van der Waals surface area contributed by atoms with Gasteiger partial charge in [0, 0.05) is 80.4 Å². The number of nitrogens with zero attached hydrogens (tertiary/aromatic N) is 14. The summed E-state index contributed by atoms with van der Waals surface area (Å²) in [6.07, 6.45) is 34.8. The molecule has 0 saturated heterocycles. The van der Waals surface area contributed by atoms with Crippen molar-refractivity contribution in [2.24, 2.45) is 67.8 Å². The minimum absolute atomic E-state index is 0.0747. The molecule has 0 spiro atoms. The topological polar surface area (TPSA) is 244 Å². The molecule has 4 N–H and O–H groups in total. The van der Waals surface area contributed by atoms with Crippen LogP contribution in [0.5, 0.6) is 0 Å². The second-order valence-electron chi connectivity index (χ2n) is 36.8. The van der Waals surface area contributed by atoms with Gasteiger partial charge in [-0.25, -0.2) is 9.97 Å². The number of carbonyl (C=O) groups is 4. The van der Waals surface area contributed by atoms with E-state index in [1.54, 1.807) is 18.2 Å². The van der Waals surface area contributed by atoms with Gasteiger partial charge in [0.25, 0.3) is 23.6 Å². The summed E-state index contributed by atoms with van der Waals surface area (Å²) in [6.45, 7) is 53.0. The van der Waals surface area contributed by atoms with E-state index in [1.807, 2.05) is 65.8 Å². The van der Waals surface area contributed by atoms with Gasteiger partial charge in [-0.3, -0.25) is 19.2 Å². The standard InChI is InChI=1S/C98H166N16O4/c1-23-39-47-71(31-9)62-109(63-72(32-10)48-40-24-2)93(115)79-55-57-81(95(117)111(66-75(35-13)51-43-27-5)67-76(36-14)52-44-28-6)83(59-79)103-105-87-89(97(17,18)19)107-113(91(87)99)85-61-86(102-70-101-85)114-92(100)88(90(108-114)98(20,21)22)106-104-84-60-80(94(116)110(64-73(33-11)49-41-25-3)65-74(34-12)50-42-26-4)56-58-82(84)96(118)112(68-77(37-15)53-45-29-7)69-78(38-16)54-46-30-8/h55-61,70-78H,23-54,62-69,99-100H2,1-22H3/b105-103+,106-104+. The molecule has 118 heavy (non-hydrogen) atoms. The average Bonchev–Trinajstić information content (AvgIpc) is 1.66. The fraction of sp³-hybridized carbons (Fsp3) is 0.735. The number of nitrogen functional groups attached to an aromatic ring is 2.